The molecule has 3 nitrogen and oxygen atoms in total. The van der Waals surface area contributed by atoms with E-state index in [1.165, 1.54) is 6.07 Å². The number of nitrogens with zero attached hydrogens (tertiary/aromatic N) is 3. The van der Waals surface area contributed by atoms with E-state index in [0.29, 0.717) is 18.3 Å². The van der Waals surface area contributed by atoms with Crippen LogP contribution in [0.15, 0.2) is 12.1 Å². The summed E-state index contributed by atoms with van der Waals surface area (Å²) in [7, 11) is 2.12. The zero-order valence-corrected chi connectivity index (χ0v) is 13.5. The molecule has 1 aliphatic rings. The highest BCUT2D eigenvalue weighted by molar-refractivity contribution is 6.31. The molecule has 1 unspecified atom stereocenters. The summed E-state index contributed by atoms with van der Waals surface area (Å²) in [5.74, 6) is 1.02. The highest BCUT2D eigenvalue weighted by Crippen LogP contribution is 2.30. The van der Waals surface area contributed by atoms with Crippen LogP contribution in [0.1, 0.15) is 24.7 Å². The average Bonchev–Trinajstić information content (AvgIpc) is 2.77. The van der Waals surface area contributed by atoms with Crippen LogP contribution >= 0.6 is 23.2 Å². The lowest BCUT2D eigenvalue weighted by atomic mass is 10.1. The summed E-state index contributed by atoms with van der Waals surface area (Å²) >= 11 is 11.8. The summed E-state index contributed by atoms with van der Waals surface area (Å²) in [6.07, 6.45) is 2.89. The Kier molecular flexibility index (Phi) is 4.38. The molecule has 3 rings (SSSR count). The topological polar surface area (TPSA) is 21.1 Å². The van der Waals surface area contributed by atoms with Crippen LogP contribution in [0.2, 0.25) is 5.02 Å². The fraction of sp³-hybridized carbons (Fsp3) is 0.533. The Bertz CT molecular complexity index is 656. The number of aryl methyl sites for hydroxylation is 1. The number of rotatable bonds is 3. The number of hydrogen-bond donors (Lipinski definition) is 0. The number of hydrogen-bond acceptors (Lipinski definition) is 2. The molecule has 0 N–H and O–H groups in total. The van der Waals surface area contributed by atoms with E-state index in [0.717, 1.165) is 42.8 Å². The Hall–Kier alpha value is -0.840. The number of aromatic nitrogens is 2. The summed E-state index contributed by atoms with van der Waals surface area (Å²) in [4.78, 5) is 6.92. The van der Waals surface area contributed by atoms with Crippen LogP contribution in [0.25, 0.3) is 11.0 Å². The number of halogens is 3. The van der Waals surface area contributed by atoms with Gasteiger partial charge in [-0.2, -0.15) is 0 Å². The van der Waals surface area contributed by atoms with Crippen molar-refractivity contribution in [2.24, 2.45) is 0 Å². The summed E-state index contributed by atoms with van der Waals surface area (Å²) < 4.78 is 16.0. The lowest BCUT2D eigenvalue weighted by Crippen LogP contribution is -2.34. The number of fused-ring (bicyclic) bond motifs is 1. The van der Waals surface area contributed by atoms with Crippen LogP contribution in [0, 0.1) is 5.82 Å². The van der Waals surface area contributed by atoms with E-state index in [1.54, 1.807) is 6.07 Å². The van der Waals surface area contributed by atoms with Gasteiger partial charge in [-0.3, -0.25) is 0 Å². The first-order valence-electron chi connectivity index (χ1n) is 7.20. The van der Waals surface area contributed by atoms with Crippen LogP contribution in [0.5, 0.6) is 0 Å². The van der Waals surface area contributed by atoms with Crippen molar-refractivity contribution in [3.63, 3.8) is 0 Å². The van der Waals surface area contributed by atoms with Gasteiger partial charge in [-0.25, -0.2) is 9.37 Å². The zero-order chi connectivity index (χ0) is 15.0. The molecule has 0 bridgehead atoms. The second-order valence-electron chi connectivity index (χ2n) is 5.65. The van der Waals surface area contributed by atoms with Gasteiger partial charge in [0.15, 0.2) is 0 Å². The molecular weight excluding hydrogens is 312 g/mol. The molecule has 0 aliphatic carbocycles. The van der Waals surface area contributed by atoms with Gasteiger partial charge < -0.3 is 9.47 Å². The monoisotopic (exact) mass is 329 g/mol. The number of alkyl halides is 1. The number of likely N-dealkylation sites (tertiary alicyclic amines) is 1. The van der Waals surface area contributed by atoms with Crippen LogP contribution < -0.4 is 0 Å². The number of piperidine rings is 1. The van der Waals surface area contributed by atoms with E-state index < -0.39 is 5.82 Å². The molecule has 0 saturated carbocycles. The van der Waals surface area contributed by atoms with Gasteiger partial charge in [-0.05, 0) is 32.5 Å². The first-order valence-corrected chi connectivity index (χ1v) is 8.11. The maximum atomic E-state index is 13.9. The highest BCUT2D eigenvalue weighted by Gasteiger charge is 2.24. The molecule has 1 atom stereocenters. The largest absolute Gasteiger partial charge is 0.323 e. The van der Waals surface area contributed by atoms with Gasteiger partial charge in [0.1, 0.15) is 11.6 Å². The molecule has 0 amide bonds. The first kappa shape index (κ1) is 15.1. The Morgan fingerprint density at radius 2 is 2.24 bits per heavy atom. The summed E-state index contributed by atoms with van der Waals surface area (Å²) in [5.41, 5.74) is 1.56. The van der Waals surface area contributed by atoms with Gasteiger partial charge in [0.05, 0.1) is 16.1 Å². The Balaban J connectivity index is 2.12. The molecule has 0 radical (unpaired) electrons. The maximum Gasteiger partial charge on any atom is 0.144 e. The fourth-order valence-corrected chi connectivity index (χ4v) is 3.49. The lowest BCUT2D eigenvalue weighted by Gasteiger charge is -2.32. The fourth-order valence-electron chi connectivity index (χ4n) is 3.16. The minimum absolute atomic E-state index is 0.116. The Labute approximate surface area is 133 Å². The predicted octanol–water partition coefficient (Wildman–Crippen LogP) is 3.88. The molecule has 1 aromatic heterocycles. The van der Waals surface area contributed by atoms with E-state index in [9.17, 15) is 4.39 Å². The van der Waals surface area contributed by atoms with Crippen LogP contribution in [0.3, 0.4) is 0 Å². The minimum atomic E-state index is -0.396. The highest BCUT2D eigenvalue weighted by atomic mass is 35.5. The molecule has 2 aromatic rings. The normalized spacial score (nSPS) is 20.3. The number of benzene rings is 1. The van der Waals surface area contributed by atoms with Gasteiger partial charge in [0.2, 0.25) is 0 Å². The molecule has 114 valence electrons. The minimum Gasteiger partial charge on any atom is -0.323 e. The van der Waals surface area contributed by atoms with Crippen molar-refractivity contribution in [2.75, 3.05) is 26.0 Å². The Morgan fingerprint density at radius 3 is 2.95 bits per heavy atom. The number of likely N-dealkylation sites (N-methyl/N-ethyl adjacent to an activating group) is 1. The van der Waals surface area contributed by atoms with Gasteiger partial charge in [-0.15, -0.1) is 11.6 Å². The number of imidazole rings is 1. The predicted molar refractivity (Wildman–Crippen MR) is 84.9 cm³/mol. The van der Waals surface area contributed by atoms with Crippen molar-refractivity contribution in [2.45, 2.75) is 25.3 Å². The second-order valence-corrected chi connectivity index (χ2v) is 6.44. The van der Waals surface area contributed by atoms with Crippen LogP contribution in [-0.4, -0.2) is 40.5 Å². The van der Waals surface area contributed by atoms with Crippen molar-refractivity contribution in [1.29, 1.82) is 0 Å². The summed E-state index contributed by atoms with van der Waals surface area (Å²) in [6, 6.07) is 3.41. The zero-order valence-electron chi connectivity index (χ0n) is 12.0. The van der Waals surface area contributed by atoms with Crippen LogP contribution in [-0.2, 0) is 6.42 Å². The van der Waals surface area contributed by atoms with Crippen molar-refractivity contribution in [3.05, 3.63) is 28.8 Å². The van der Waals surface area contributed by atoms with Gasteiger partial charge in [0.25, 0.3) is 0 Å². The smallest absolute Gasteiger partial charge is 0.144 e. The molecule has 6 heteroatoms. The molecular formula is C15H18Cl2FN3. The van der Waals surface area contributed by atoms with E-state index in [2.05, 4.69) is 21.5 Å². The van der Waals surface area contributed by atoms with E-state index in [1.807, 2.05) is 0 Å². The second kappa shape index (κ2) is 6.11. The van der Waals surface area contributed by atoms with Gasteiger partial charge >= 0.3 is 0 Å². The molecule has 1 saturated heterocycles. The summed E-state index contributed by atoms with van der Waals surface area (Å²) in [6.45, 7) is 2.05. The molecule has 1 aromatic carbocycles. The van der Waals surface area contributed by atoms with E-state index in [4.69, 9.17) is 23.2 Å². The summed E-state index contributed by atoms with van der Waals surface area (Å²) in [5, 5.41) is 0.116. The maximum absolute atomic E-state index is 13.9. The van der Waals surface area contributed by atoms with E-state index in [-0.39, 0.29) is 5.02 Å². The third-order valence-corrected chi connectivity index (χ3v) is 4.57. The standard InChI is InChI=1S/C15H18Cl2FN3/c1-20-6-2-3-10(9-20)21-14-8-12(18)11(17)7-13(14)19-15(21)4-5-16/h7-8,10H,2-6,9H2,1H3. The third kappa shape index (κ3) is 2.89. The Morgan fingerprint density at radius 1 is 1.43 bits per heavy atom. The molecule has 1 fully saturated rings. The molecule has 2 heterocycles. The lowest BCUT2D eigenvalue weighted by molar-refractivity contribution is 0.212. The van der Waals surface area contributed by atoms with Crippen molar-refractivity contribution >= 4 is 34.2 Å². The van der Waals surface area contributed by atoms with Crippen LogP contribution in [0.4, 0.5) is 4.39 Å². The molecule has 0 spiro atoms. The van der Waals surface area contributed by atoms with Crippen molar-refractivity contribution in [1.82, 2.24) is 14.5 Å². The van der Waals surface area contributed by atoms with Gasteiger partial charge in [0, 0.05) is 31.0 Å². The van der Waals surface area contributed by atoms with Crippen molar-refractivity contribution in [3.8, 4) is 0 Å². The molecule has 1 aliphatic heterocycles. The third-order valence-electron chi connectivity index (χ3n) is 4.09. The van der Waals surface area contributed by atoms with Gasteiger partial charge in [-0.1, -0.05) is 11.6 Å². The van der Waals surface area contributed by atoms with Crippen molar-refractivity contribution < 1.29 is 4.39 Å². The average molecular weight is 330 g/mol. The SMILES string of the molecule is CN1CCCC(n2c(CCCl)nc3cc(Cl)c(F)cc32)C1. The first-order chi connectivity index (χ1) is 10.1. The quantitative estimate of drug-likeness (QED) is 0.797. The van der Waals surface area contributed by atoms with E-state index >= 15 is 0 Å². The molecule has 21 heavy (non-hydrogen) atoms.